The van der Waals surface area contributed by atoms with Crippen LogP contribution in [0.1, 0.15) is 51.4 Å². The summed E-state index contributed by atoms with van der Waals surface area (Å²) in [6, 6.07) is 0. The first-order valence-electron chi connectivity index (χ1n) is 7.74. The molecule has 3 fully saturated rings. The van der Waals surface area contributed by atoms with Crippen LogP contribution in [-0.2, 0) is 20.3 Å². The molecule has 0 radical (unpaired) electrons. The van der Waals surface area contributed by atoms with E-state index in [-0.39, 0.29) is 5.92 Å². The first kappa shape index (κ1) is 13.7. The first-order valence-corrected chi connectivity index (χ1v) is 9.01. The van der Waals surface area contributed by atoms with Crippen LogP contribution in [0.4, 0.5) is 0 Å². The lowest BCUT2D eigenvalue weighted by Crippen LogP contribution is -2.41. The molecule has 2 unspecified atom stereocenters. The van der Waals surface area contributed by atoms with Crippen molar-refractivity contribution in [2.45, 2.75) is 61.9 Å². The van der Waals surface area contributed by atoms with E-state index in [0.717, 1.165) is 58.2 Å². The Morgan fingerprint density at radius 2 is 1.68 bits per heavy atom. The minimum atomic E-state index is -0.652. The fourth-order valence-corrected chi connectivity index (χ4v) is 6.08. The number of hydrogen-bond donors (Lipinski definition) is 0. The lowest BCUT2D eigenvalue weighted by molar-refractivity contribution is -0.125. The van der Waals surface area contributed by atoms with E-state index in [0.29, 0.717) is 22.2 Å². The summed E-state index contributed by atoms with van der Waals surface area (Å²) in [7, 11) is -0.652. The Hall–Kier alpha value is -0.220. The molecule has 4 heteroatoms. The second-order valence-corrected chi connectivity index (χ2v) is 8.39. The largest absolute Gasteiger partial charge is 0.381 e. The summed E-state index contributed by atoms with van der Waals surface area (Å²) >= 11 is 0. The maximum absolute atomic E-state index is 12.5. The Bertz CT molecular complexity index is 346. The number of hydrogen-bond acceptors (Lipinski definition) is 3. The fourth-order valence-electron chi connectivity index (χ4n) is 3.90. The molecule has 0 aromatic heterocycles. The van der Waals surface area contributed by atoms with E-state index in [4.69, 9.17) is 4.74 Å². The number of ketones is 1. The SMILES string of the molecule is O=C(CC1CCOCC1)C1CC2CCCC(C1)S2=O. The van der Waals surface area contributed by atoms with Gasteiger partial charge < -0.3 is 4.74 Å². The van der Waals surface area contributed by atoms with Gasteiger partial charge in [-0.25, -0.2) is 0 Å². The van der Waals surface area contributed by atoms with Gasteiger partial charge in [0.2, 0.25) is 0 Å². The van der Waals surface area contributed by atoms with Crippen molar-refractivity contribution in [3.63, 3.8) is 0 Å². The molecule has 0 saturated carbocycles. The van der Waals surface area contributed by atoms with Crippen LogP contribution in [0.5, 0.6) is 0 Å². The molecule has 3 rings (SSSR count). The molecule has 0 amide bonds. The Balaban J connectivity index is 1.56. The molecule has 0 N–H and O–H groups in total. The van der Waals surface area contributed by atoms with Crippen molar-refractivity contribution in [3.8, 4) is 0 Å². The highest BCUT2D eigenvalue weighted by Gasteiger charge is 2.40. The Kier molecular flexibility index (Phi) is 4.37. The molecule has 0 aromatic carbocycles. The third kappa shape index (κ3) is 3.10. The maximum atomic E-state index is 12.5. The molecule has 3 aliphatic rings. The fraction of sp³-hybridized carbons (Fsp3) is 0.933. The van der Waals surface area contributed by atoms with Crippen molar-refractivity contribution in [2.75, 3.05) is 13.2 Å². The van der Waals surface area contributed by atoms with Crippen molar-refractivity contribution in [3.05, 3.63) is 0 Å². The summed E-state index contributed by atoms with van der Waals surface area (Å²) in [5.74, 6) is 1.19. The van der Waals surface area contributed by atoms with Gasteiger partial charge in [0.05, 0.1) is 0 Å². The summed E-state index contributed by atoms with van der Waals surface area (Å²) in [6.45, 7) is 1.63. The van der Waals surface area contributed by atoms with E-state index >= 15 is 0 Å². The van der Waals surface area contributed by atoms with Crippen LogP contribution in [0.15, 0.2) is 0 Å². The van der Waals surface area contributed by atoms with E-state index in [1.54, 1.807) is 0 Å². The average Bonchev–Trinajstić information content (AvgIpc) is 2.39. The molecule has 3 heterocycles. The highest BCUT2D eigenvalue weighted by molar-refractivity contribution is 7.86. The number of fused-ring (bicyclic) bond motifs is 2. The highest BCUT2D eigenvalue weighted by Crippen LogP contribution is 2.38. The molecule has 2 bridgehead atoms. The second kappa shape index (κ2) is 6.04. The summed E-state index contributed by atoms with van der Waals surface area (Å²) in [5, 5.41) is 0.632. The van der Waals surface area contributed by atoms with Crippen LogP contribution in [0.3, 0.4) is 0 Å². The molecule has 0 aromatic rings. The van der Waals surface area contributed by atoms with Gasteiger partial charge in [-0.1, -0.05) is 6.42 Å². The van der Waals surface area contributed by atoms with Crippen molar-refractivity contribution in [1.82, 2.24) is 0 Å². The van der Waals surface area contributed by atoms with Gasteiger partial charge in [-0.15, -0.1) is 0 Å². The number of Topliss-reactive ketones (excluding diaryl/α,β-unsaturated/α-hetero) is 1. The van der Waals surface area contributed by atoms with Crippen molar-refractivity contribution < 1.29 is 13.7 Å². The van der Waals surface area contributed by atoms with Gasteiger partial charge >= 0.3 is 0 Å². The summed E-state index contributed by atoms with van der Waals surface area (Å²) in [4.78, 5) is 12.5. The smallest absolute Gasteiger partial charge is 0.136 e. The van der Waals surface area contributed by atoms with E-state index in [2.05, 4.69) is 0 Å². The zero-order valence-corrected chi connectivity index (χ0v) is 12.3. The molecular formula is C15H24O3S. The highest BCUT2D eigenvalue weighted by atomic mass is 32.2. The van der Waals surface area contributed by atoms with Crippen molar-refractivity contribution in [2.24, 2.45) is 11.8 Å². The zero-order chi connectivity index (χ0) is 13.2. The summed E-state index contributed by atoms with van der Waals surface area (Å²) in [6.07, 6.45) is 7.96. The molecule has 0 aliphatic carbocycles. The molecular weight excluding hydrogens is 260 g/mol. The van der Waals surface area contributed by atoms with E-state index < -0.39 is 10.8 Å². The van der Waals surface area contributed by atoms with Crippen LogP contribution in [0.2, 0.25) is 0 Å². The predicted octanol–water partition coefficient (Wildman–Crippen LogP) is 2.45. The Labute approximate surface area is 117 Å². The van der Waals surface area contributed by atoms with Crippen LogP contribution in [0, 0.1) is 11.8 Å². The van der Waals surface area contributed by atoms with Gasteiger partial charge in [0.25, 0.3) is 0 Å². The van der Waals surface area contributed by atoms with Gasteiger partial charge in [-0.3, -0.25) is 9.00 Å². The van der Waals surface area contributed by atoms with Gasteiger partial charge in [-0.05, 0) is 44.4 Å². The summed E-state index contributed by atoms with van der Waals surface area (Å²) in [5.41, 5.74) is 0. The third-order valence-corrected chi connectivity index (χ3v) is 7.26. The Morgan fingerprint density at radius 1 is 1.05 bits per heavy atom. The number of rotatable bonds is 3. The molecule has 3 nitrogen and oxygen atoms in total. The molecule has 0 spiro atoms. The number of carbonyl (C=O) groups is 1. The molecule has 2 atom stereocenters. The monoisotopic (exact) mass is 284 g/mol. The van der Waals surface area contributed by atoms with Crippen LogP contribution < -0.4 is 0 Å². The normalized spacial score (nSPS) is 40.0. The van der Waals surface area contributed by atoms with E-state index in [1.165, 1.54) is 6.42 Å². The quantitative estimate of drug-likeness (QED) is 0.799. The van der Waals surface area contributed by atoms with E-state index in [9.17, 15) is 9.00 Å². The van der Waals surface area contributed by atoms with Crippen LogP contribution in [-0.4, -0.2) is 33.7 Å². The second-order valence-electron chi connectivity index (χ2n) is 6.40. The Morgan fingerprint density at radius 3 is 2.32 bits per heavy atom. The van der Waals surface area contributed by atoms with Crippen molar-refractivity contribution in [1.29, 1.82) is 0 Å². The number of ether oxygens (including phenoxy) is 1. The molecule has 19 heavy (non-hydrogen) atoms. The van der Waals surface area contributed by atoms with Crippen LogP contribution in [0.25, 0.3) is 0 Å². The van der Waals surface area contributed by atoms with Gasteiger partial charge in [0.15, 0.2) is 0 Å². The standard InChI is InChI=1S/C15H24O3S/c16-15(8-11-4-6-18-7-5-11)12-9-13-2-1-3-14(10-12)19(13)17/h11-14H,1-10H2. The molecule has 3 aliphatic heterocycles. The van der Waals surface area contributed by atoms with Crippen LogP contribution >= 0.6 is 0 Å². The lowest BCUT2D eigenvalue weighted by atomic mass is 9.82. The average molecular weight is 284 g/mol. The first-order chi connectivity index (χ1) is 9.24. The third-order valence-electron chi connectivity index (χ3n) is 5.09. The zero-order valence-electron chi connectivity index (χ0n) is 11.5. The predicted molar refractivity (Wildman–Crippen MR) is 75.5 cm³/mol. The minimum absolute atomic E-state index is 0.204. The van der Waals surface area contributed by atoms with Gasteiger partial charge in [0, 0.05) is 46.9 Å². The van der Waals surface area contributed by atoms with Gasteiger partial charge in [0.1, 0.15) is 5.78 Å². The summed E-state index contributed by atoms with van der Waals surface area (Å²) < 4.78 is 17.5. The minimum Gasteiger partial charge on any atom is -0.381 e. The lowest BCUT2D eigenvalue weighted by Gasteiger charge is -2.38. The van der Waals surface area contributed by atoms with E-state index in [1.807, 2.05) is 0 Å². The number of carbonyl (C=O) groups excluding carboxylic acids is 1. The van der Waals surface area contributed by atoms with Crippen molar-refractivity contribution >= 4 is 16.6 Å². The molecule has 108 valence electrons. The topological polar surface area (TPSA) is 43.4 Å². The maximum Gasteiger partial charge on any atom is 0.136 e. The molecule has 3 saturated heterocycles. The van der Waals surface area contributed by atoms with Gasteiger partial charge in [-0.2, -0.15) is 0 Å².